The van der Waals surface area contributed by atoms with Gasteiger partial charge in [-0.1, -0.05) is 19.1 Å². The molecule has 88 valence electrons. The van der Waals surface area contributed by atoms with Gasteiger partial charge in [-0.3, -0.25) is 4.79 Å². The minimum Gasteiger partial charge on any atom is -0.461 e. The SMILES string of the molecule is CCCOC(=O)c1cc(=O)c2ccccc2[nH]1. The van der Waals surface area contributed by atoms with Gasteiger partial charge < -0.3 is 9.72 Å². The fourth-order valence-corrected chi connectivity index (χ4v) is 1.58. The Labute approximate surface area is 98.2 Å². The first-order chi connectivity index (χ1) is 8.22. The molecule has 0 fully saturated rings. The summed E-state index contributed by atoms with van der Waals surface area (Å²) in [5, 5.41) is 0.569. The smallest absolute Gasteiger partial charge is 0.354 e. The molecule has 0 unspecified atom stereocenters. The van der Waals surface area contributed by atoms with Crippen molar-refractivity contribution in [2.24, 2.45) is 0 Å². The van der Waals surface area contributed by atoms with Crippen molar-refractivity contribution in [3.8, 4) is 0 Å². The number of aromatic amines is 1. The van der Waals surface area contributed by atoms with Crippen LogP contribution in [0.3, 0.4) is 0 Å². The number of carbonyl (C=O) groups is 1. The van der Waals surface area contributed by atoms with Crippen LogP contribution in [0.15, 0.2) is 35.1 Å². The Morgan fingerprint density at radius 1 is 1.35 bits per heavy atom. The Kier molecular flexibility index (Phi) is 3.23. The number of fused-ring (bicyclic) bond motifs is 1. The van der Waals surface area contributed by atoms with Crippen LogP contribution in [0.4, 0.5) is 0 Å². The quantitative estimate of drug-likeness (QED) is 0.823. The number of hydrogen-bond donors (Lipinski definition) is 1. The summed E-state index contributed by atoms with van der Waals surface area (Å²) in [6.07, 6.45) is 0.754. The maximum absolute atomic E-state index is 11.8. The van der Waals surface area contributed by atoms with Crippen LogP contribution >= 0.6 is 0 Å². The molecule has 0 saturated heterocycles. The third kappa shape index (κ3) is 2.36. The lowest BCUT2D eigenvalue weighted by Gasteiger charge is -2.04. The molecule has 1 aromatic carbocycles. The largest absolute Gasteiger partial charge is 0.461 e. The Morgan fingerprint density at radius 3 is 2.88 bits per heavy atom. The van der Waals surface area contributed by atoms with E-state index in [1.54, 1.807) is 24.3 Å². The molecule has 0 saturated carbocycles. The molecule has 0 aliphatic carbocycles. The van der Waals surface area contributed by atoms with Crippen LogP contribution < -0.4 is 5.43 Å². The number of aromatic nitrogens is 1. The molecule has 0 aliphatic heterocycles. The zero-order valence-electron chi connectivity index (χ0n) is 9.53. The molecular formula is C13H13NO3. The Hall–Kier alpha value is -2.10. The maximum Gasteiger partial charge on any atom is 0.354 e. The van der Waals surface area contributed by atoms with Crippen molar-refractivity contribution >= 4 is 16.9 Å². The van der Waals surface area contributed by atoms with Crippen molar-refractivity contribution in [1.29, 1.82) is 0 Å². The predicted octanol–water partition coefficient (Wildman–Crippen LogP) is 2.09. The van der Waals surface area contributed by atoms with E-state index < -0.39 is 5.97 Å². The van der Waals surface area contributed by atoms with Crippen molar-refractivity contribution < 1.29 is 9.53 Å². The molecule has 0 amide bonds. The van der Waals surface area contributed by atoms with Gasteiger partial charge in [0.05, 0.1) is 6.61 Å². The third-order valence-corrected chi connectivity index (χ3v) is 2.39. The minimum absolute atomic E-state index is 0.178. The molecule has 2 aromatic rings. The van der Waals surface area contributed by atoms with E-state index >= 15 is 0 Å². The molecule has 0 radical (unpaired) electrons. The number of nitrogens with one attached hydrogen (secondary N) is 1. The molecule has 0 aliphatic rings. The molecular weight excluding hydrogens is 218 g/mol. The Bertz CT molecular complexity index is 601. The second-order valence-corrected chi connectivity index (χ2v) is 3.73. The summed E-state index contributed by atoms with van der Waals surface area (Å²) >= 11 is 0. The Morgan fingerprint density at radius 2 is 2.12 bits per heavy atom. The summed E-state index contributed by atoms with van der Waals surface area (Å²) in [5.41, 5.74) is 0.661. The number of benzene rings is 1. The highest BCUT2D eigenvalue weighted by Crippen LogP contribution is 2.08. The molecule has 4 heteroatoms. The lowest BCUT2D eigenvalue weighted by molar-refractivity contribution is 0.0498. The lowest BCUT2D eigenvalue weighted by atomic mass is 10.2. The van der Waals surface area contributed by atoms with E-state index in [4.69, 9.17) is 4.74 Å². The fraction of sp³-hybridized carbons (Fsp3) is 0.231. The fourth-order valence-electron chi connectivity index (χ4n) is 1.58. The van der Waals surface area contributed by atoms with Gasteiger partial charge in [0.15, 0.2) is 5.43 Å². The van der Waals surface area contributed by atoms with Gasteiger partial charge in [-0.25, -0.2) is 4.79 Å². The molecule has 4 nitrogen and oxygen atoms in total. The van der Waals surface area contributed by atoms with Gasteiger partial charge in [-0.15, -0.1) is 0 Å². The molecule has 2 rings (SSSR count). The van der Waals surface area contributed by atoms with Crippen LogP contribution in [0.2, 0.25) is 0 Å². The van der Waals surface area contributed by atoms with Gasteiger partial charge in [0.25, 0.3) is 0 Å². The number of pyridine rings is 1. The standard InChI is InChI=1S/C13H13NO3/c1-2-7-17-13(16)11-8-12(15)9-5-3-4-6-10(9)14-11/h3-6,8H,2,7H2,1H3,(H,14,15). The summed E-state index contributed by atoms with van der Waals surface area (Å²) in [4.78, 5) is 26.3. The van der Waals surface area contributed by atoms with Gasteiger partial charge in [0.1, 0.15) is 5.69 Å². The molecule has 1 N–H and O–H groups in total. The van der Waals surface area contributed by atoms with E-state index in [0.717, 1.165) is 6.42 Å². The van der Waals surface area contributed by atoms with E-state index in [9.17, 15) is 9.59 Å². The monoisotopic (exact) mass is 231 g/mol. The van der Waals surface area contributed by atoms with Crippen molar-refractivity contribution in [2.75, 3.05) is 6.61 Å². The van der Waals surface area contributed by atoms with E-state index in [-0.39, 0.29) is 11.1 Å². The number of esters is 1. The predicted molar refractivity (Wildman–Crippen MR) is 65.1 cm³/mol. The molecule has 17 heavy (non-hydrogen) atoms. The first kappa shape index (κ1) is 11.4. The zero-order chi connectivity index (χ0) is 12.3. The summed E-state index contributed by atoms with van der Waals surface area (Å²) in [5.74, 6) is -0.491. The zero-order valence-corrected chi connectivity index (χ0v) is 9.53. The number of rotatable bonds is 3. The summed E-state index contributed by atoms with van der Waals surface area (Å²) in [6.45, 7) is 2.27. The van der Waals surface area contributed by atoms with Crippen molar-refractivity contribution in [1.82, 2.24) is 4.98 Å². The number of para-hydroxylation sites is 1. The van der Waals surface area contributed by atoms with Crippen LogP contribution in [0.25, 0.3) is 10.9 Å². The first-order valence-corrected chi connectivity index (χ1v) is 5.51. The second kappa shape index (κ2) is 4.82. The minimum atomic E-state index is -0.491. The molecule has 1 aromatic heterocycles. The van der Waals surface area contributed by atoms with Crippen LogP contribution in [-0.2, 0) is 4.74 Å². The van der Waals surface area contributed by atoms with E-state index in [2.05, 4.69) is 4.98 Å². The number of carbonyl (C=O) groups excluding carboxylic acids is 1. The second-order valence-electron chi connectivity index (χ2n) is 3.73. The average Bonchev–Trinajstić information content (AvgIpc) is 2.36. The number of ether oxygens (including phenoxy) is 1. The highest BCUT2D eigenvalue weighted by molar-refractivity contribution is 5.90. The number of H-pyrrole nitrogens is 1. The lowest BCUT2D eigenvalue weighted by Crippen LogP contribution is -2.13. The van der Waals surface area contributed by atoms with Gasteiger partial charge in [-0.05, 0) is 18.6 Å². The van der Waals surface area contributed by atoms with E-state index in [1.807, 2.05) is 6.92 Å². The molecule has 0 bridgehead atoms. The van der Waals surface area contributed by atoms with Crippen molar-refractivity contribution in [3.05, 3.63) is 46.2 Å². The maximum atomic E-state index is 11.8. The highest BCUT2D eigenvalue weighted by atomic mass is 16.5. The Balaban J connectivity index is 2.43. The van der Waals surface area contributed by atoms with Crippen molar-refractivity contribution in [3.63, 3.8) is 0 Å². The molecule has 0 spiro atoms. The van der Waals surface area contributed by atoms with Gasteiger partial charge >= 0.3 is 5.97 Å². The molecule has 1 heterocycles. The van der Waals surface area contributed by atoms with Gasteiger partial charge in [-0.2, -0.15) is 0 Å². The van der Waals surface area contributed by atoms with E-state index in [1.165, 1.54) is 6.07 Å². The van der Waals surface area contributed by atoms with E-state index in [0.29, 0.717) is 17.5 Å². The topological polar surface area (TPSA) is 59.2 Å². The highest BCUT2D eigenvalue weighted by Gasteiger charge is 2.10. The average molecular weight is 231 g/mol. The normalized spacial score (nSPS) is 10.4. The number of hydrogen-bond acceptors (Lipinski definition) is 3. The van der Waals surface area contributed by atoms with Gasteiger partial charge in [0, 0.05) is 17.0 Å². The summed E-state index contributed by atoms with van der Waals surface area (Å²) in [7, 11) is 0. The first-order valence-electron chi connectivity index (χ1n) is 5.51. The van der Waals surface area contributed by atoms with Crippen LogP contribution in [0.5, 0.6) is 0 Å². The van der Waals surface area contributed by atoms with Gasteiger partial charge in [0.2, 0.25) is 0 Å². The van der Waals surface area contributed by atoms with Crippen LogP contribution in [0.1, 0.15) is 23.8 Å². The van der Waals surface area contributed by atoms with Crippen LogP contribution in [0, 0.1) is 0 Å². The summed E-state index contributed by atoms with van der Waals surface area (Å²) < 4.78 is 4.97. The van der Waals surface area contributed by atoms with Crippen LogP contribution in [-0.4, -0.2) is 17.6 Å². The van der Waals surface area contributed by atoms with Crippen molar-refractivity contribution in [2.45, 2.75) is 13.3 Å². The molecule has 0 atom stereocenters. The summed E-state index contributed by atoms with van der Waals surface area (Å²) in [6, 6.07) is 8.34. The third-order valence-electron chi connectivity index (χ3n) is 2.39.